The summed E-state index contributed by atoms with van der Waals surface area (Å²) in [5.74, 6) is 0.884. The van der Waals surface area contributed by atoms with Crippen LogP contribution in [0.1, 0.15) is 0 Å². The minimum Gasteiger partial charge on any atom is -0.497 e. The Morgan fingerprint density at radius 2 is 1.54 bits per heavy atom. The summed E-state index contributed by atoms with van der Waals surface area (Å²) in [6, 6.07) is 30.2. The second-order valence-electron chi connectivity index (χ2n) is 6.99. The van der Waals surface area contributed by atoms with E-state index in [1.807, 2.05) is 17.4 Å². The highest BCUT2D eigenvalue weighted by Gasteiger charge is 2.18. The Morgan fingerprint density at radius 1 is 0.714 bits per heavy atom. The van der Waals surface area contributed by atoms with Gasteiger partial charge in [-0.3, -0.25) is 0 Å². The van der Waals surface area contributed by atoms with Crippen LogP contribution in [0.5, 0.6) is 5.75 Å². The van der Waals surface area contributed by atoms with Gasteiger partial charge in [-0.2, -0.15) is 0 Å². The van der Waals surface area contributed by atoms with Crippen molar-refractivity contribution in [3.05, 3.63) is 84.9 Å². The van der Waals surface area contributed by atoms with Gasteiger partial charge in [-0.25, -0.2) is 0 Å². The molecule has 6 aromatic rings. The average molecular weight is 379 g/mol. The summed E-state index contributed by atoms with van der Waals surface area (Å²) < 4.78 is 10.6. The molecular weight excluding hydrogens is 362 g/mol. The summed E-state index contributed by atoms with van der Waals surface area (Å²) in [5.41, 5.74) is 3.64. The molecule has 2 nitrogen and oxygen atoms in total. The third-order valence-corrected chi connectivity index (χ3v) is 6.62. The molecule has 6 rings (SSSR count). The molecule has 0 spiro atoms. The molecule has 0 aliphatic heterocycles. The van der Waals surface area contributed by atoms with E-state index in [1.54, 1.807) is 7.11 Å². The monoisotopic (exact) mass is 379 g/mol. The van der Waals surface area contributed by atoms with E-state index in [0.29, 0.717) is 0 Å². The summed E-state index contributed by atoms with van der Waals surface area (Å²) in [4.78, 5) is 0. The Hall–Kier alpha value is -3.30. The molecule has 134 valence electrons. The molecule has 2 aromatic heterocycles. The normalized spacial score (nSPS) is 11.8. The lowest BCUT2D eigenvalue weighted by Crippen LogP contribution is -1.93. The Labute approximate surface area is 166 Å². The quantitative estimate of drug-likeness (QED) is 0.311. The van der Waals surface area contributed by atoms with Gasteiger partial charge in [0.05, 0.1) is 18.1 Å². The summed E-state index contributed by atoms with van der Waals surface area (Å²) in [7, 11) is 1.72. The largest absolute Gasteiger partial charge is 0.497 e. The number of aromatic nitrogens is 1. The molecule has 0 atom stereocenters. The maximum absolute atomic E-state index is 5.52. The highest BCUT2D eigenvalue weighted by molar-refractivity contribution is 7.26. The van der Waals surface area contributed by atoms with Gasteiger partial charge in [0.25, 0.3) is 0 Å². The number of hydrogen-bond acceptors (Lipinski definition) is 2. The van der Waals surface area contributed by atoms with Crippen molar-refractivity contribution in [2.45, 2.75) is 0 Å². The van der Waals surface area contributed by atoms with Crippen LogP contribution in [-0.2, 0) is 0 Å². The van der Waals surface area contributed by atoms with Gasteiger partial charge in [-0.05, 0) is 42.5 Å². The van der Waals surface area contributed by atoms with Gasteiger partial charge in [0.2, 0.25) is 0 Å². The zero-order valence-corrected chi connectivity index (χ0v) is 16.2. The van der Waals surface area contributed by atoms with Crippen LogP contribution in [0.4, 0.5) is 0 Å². The molecule has 2 heterocycles. The Kier molecular flexibility index (Phi) is 3.28. The van der Waals surface area contributed by atoms with E-state index >= 15 is 0 Å². The zero-order valence-electron chi connectivity index (χ0n) is 15.3. The molecule has 4 aromatic carbocycles. The molecular formula is C25H17NOS. The predicted octanol–water partition coefficient (Wildman–Crippen LogP) is 7.16. The van der Waals surface area contributed by atoms with E-state index in [0.717, 1.165) is 5.75 Å². The highest BCUT2D eigenvalue weighted by atomic mass is 32.1. The first-order chi connectivity index (χ1) is 13.8. The minimum absolute atomic E-state index is 0.884. The fourth-order valence-electron chi connectivity index (χ4n) is 4.27. The second-order valence-corrected chi connectivity index (χ2v) is 8.07. The van der Waals surface area contributed by atoms with Gasteiger partial charge >= 0.3 is 0 Å². The van der Waals surface area contributed by atoms with E-state index < -0.39 is 0 Å². The summed E-state index contributed by atoms with van der Waals surface area (Å²) in [5, 5.41) is 5.13. The molecule has 0 radical (unpaired) electrons. The van der Waals surface area contributed by atoms with Crippen molar-refractivity contribution < 1.29 is 4.74 Å². The van der Waals surface area contributed by atoms with E-state index in [4.69, 9.17) is 4.74 Å². The molecule has 0 aliphatic carbocycles. The van der Waals surface area contributed by atoms with E-state index in [2.05, 4.69) is 83.4 Å². The van der Waals surface area contributed by atoms with Gasteiger partial charge < -0.3 is 9.30 Å². The van der Waals surface area contributed by atoms with Crippen molar-refractivity contribution in [3.8, 4) is 11.4 Å². The van der Waals surface area contributed by atoms with Gasteiger partial charge in [0.15, 0.2) is 0 Å². The molecule has 0 aliphatic rings. The molecule has 0 N–H and O–H groups in total. The van der Waals surface area contributed by atoms with Crippen LogP contribution in [0, 0.1) is 0 Å². The van der Waals surface area contributed by atoms with Crippen molar-refractivity contribution in [2.75, 3.05) is 7.11 Å². The number of para-hydroxylation sites is 1. The fraction of sp³-hybridized carbons (Fsp3) is 0.0400. The van der Waals surface area contributed by atoms with Crippen molar-refractivity contribution in [1.82, 2.24) is 4.57 Å². The summed E-state index contributed by atoms with van der Waals surface area (Å²) in [6.07, 6.45) is 0. The maximum Gasteiger partial charge on any atom is 0.119 e. The molecule has 0 saturated heterocycles. The third kappa shape index (κ3) is 2.08. The Morgan fingerprint density at radius 3 is 2.39 bits per heavy atom. The zero-order chi connectivity index (χ0) is 18.7. The lowest BCUT2D eigenvalue weighted by Gasteiger charge is -2.09. The lowest BCUT2D eigenvalue weighted by atomic mass is 10.1. The summed E-state index contributed by atoms with van der Waals surface area (Å²) >= 11 is 1.86. The number of benzene rings is 4. The fourth-order valence-corrected chi connectivity index (χ4v) is 5.38. The predicted molar refractivity (Wildman–Crippen MR) is 120 cm³/mol. The summed E-state index contributed by atoms with van der Waals surface area (Å²) in [6.45, 7) is 0. The van der Waals surface area contributed by atoms with E-state index in [9.17, 15) is 0 Å². The first-order valence-electron chi connectivity index (χ1n) is 9.33. The van der Waals surface area contributed by atoms with Gasteiger partial charge in [-0.1, -0.05) is 42.5 Å². The van der Waals surface area contributed by atoms with E-state index in [1.165, 1.54) is 47.7 Å². The van der Waals surface area contributed by atoms with Gasteiger partial charge in [-0.15, -0.1) is 11.3 Å². The van der Waals surface area contributed by atoms with Crippen molar-refractivity contribution in [3.63, 3.8) is 0 Å². The maximum atomic E-state index is 5.52. The molecule has 0 fully saturated rings. The van der Waals surface area contributed by atoms with Gasteiger partial charge in [0.1, 0.15) is 5.75 Å². The molecule has 3 heteroatoms. The van der Waals surface area contributed by atoms with Crippen molar-refractivity contribution >= 4 is 53.3 Å². The molecule has 0 amide bonds. The van der Waals surface area contributed by atoms with Crippen LogP contribution < -0.4 is 4.74 Å². The number of methoxy groups -OCH3 is 1. The number of thiophene rings is 1. The minimum atomic E-state index is 0.884. The van der Waals surface area contributed by atoms with Crippen molar-refractivity contribution in [2.24, 2.45) is 0 Å². The number of fused-ring (bicyclic) bond motifs is 7. The number of rotatable bonds is 2. The molecule has 0 bridgehead atoms. The smallest absolute Gasteiger partial charge is 0.119 e. The highest BCUT2D eigenvalue weighted by Crippen LogP contribution is 2.43. The number of hydrogen-bond donors (Lipinski definition) is 0. The number of nitrogens with zero attached hydrogens (tertiary/aromatic N) is 1. The van der Waals surface area contributed by atoms with Crippen LogP contribution in [-0.4, -0.2) is 11.7 Å². The van der Waals surface area contributed by atoms with Crippen molar-refractivity contribution in [1.29, 1.82) is 0 Å². The molecule has 0 saturated carbocycles. The standard InChI is InChI=1S/C25H17NOS/c1-27-17-11-13-21-20(15-17)18-12-14-23-24(19-9-5-6-10-22(19)28-23)25(18)26(21)16-7-3-2-4-8-16/h2-15H,1H3. The topological polar surface area (TPSA) is 14.2 Å². The van der Waals surface area contributed by atoms with Crippen LogP contribution in [0.15, 0.2) is 84.9 Å². The first kappa shape index (κ1) is 15.7. The average Bonchev–Trinajstić information content (AvgIpc) is 3.29. The van der Waals surface area contributed by atoms with Crippen LogP contribution in [0.3, 0.4) is 0 Å². The first-order valence-corrected chi connectivity index (χ1v) is 10.1. The third-order valence-electron chi connectivity index (χ3n) is 5.49. The second kappa shape index (κ2) is 5.85. The van der Waals surface area contributed by atoms with E-state index in [-0.39, 0.29) is 0 Å². The molecule has 0 unspecified atom stereocenters. The Balaban J connectivity index is 1.92. The van der Waals surface area contributed by atoms with Crippen LogP contribution in [0.25, 0.3) is 47.7 Å². The SMILES string of the molecule is COc1ccc2c(c1)c1ccc3sc4ccccc4c3c1n2-c1ccccc1. The number of ether oxygens (including phenoxy) is 1. The lowest BCUT2D eigenvalue weighted by molar-refractivity contribution is 0.415. The Bertz CT molecular complexity index is 1490. The van der Waals surface area contributed by atoms with Crippen LogP contribution >= 0.6 is 11.3 Å². The molecule has 28 heavy (non-hydrogen) atoms. The van der Waals surface area contributed by atoms with Crippen LogP contribution in [0.2, 0.25) is 0 Å². The van der Waals surface area contributed by atoms with Gasteiger partial charge in [0, 0.05) is 36.6 Å².